The number of allylic oxidation sites excluding steroid dienone is 18. The van der Waals surface area contributed by atoms with Crippen LogP contribution in [0.4, 0.5) is 0 Å². The summed E-state index contributed by atoms with van der Waals surface area (Å²) < 4.78 is 16.6. The highest BCUT2D eigenvalue weighted by Crippen LogP contribution is 2.12. The molecule has 0 N–H and O–H groups in total. The lowest BCUT2D eigenvalue weighted by Crippen LogP contribution is -2.30. The zero-order chi connectivity index (χ0) is 43.7. The zero-order valence-electron chi connectivity index (χ0n) is 38.4. The van der Waals surface area contributed by atoms with Gasteiger partial charge in [-0.05, 0) is 96.3 Å². The van der Waals surface area contributed by atoms with E-state index in [2.05, 4.69) is 130 Å². The van der Waals surface area contributed by atoms with Gasteiger partial charge in [0.15, 0.2) is 6.10 Å². The number of hydrogen-bond acceptors (Lipinski definition) is 6. The third-order valence-electron chi connectivity index (χ3n) is 9.52. The number of rotatable bonds is 41. The smallest absolute Gasteiger partial charge is 0.306 e. The molecule has 0 aliphatic carbocycles. The summed E-state index contributed by atoms with van der Waals surface area (Å²) in [5.41, 5.74) is 0. The Balaban J connectivity index is 4.52. The fraction of sp³-hybridized carbons (Fsp3) is 0.611. The van der Waals surface area contributed by atoms with Crippen LogP contribution in [0.15, 0.2) is 109 Å². The Hall–Kier alpha value is -3.93. The predicted octanol–water partition coefficient (Wildman–Crippen LogP) is 15.6. The van der Waals surface area contributed by atoms with E-state index < -0.39 is 6.10 Å². The molecule has 0 aromatic heterocycles. The van der Waals surface area contributed by atoms with Crippen molar-refractivity contribution in [3.63, 3.8) is 0 Å². The van der Waals surface area contributed by atoms with E-state index in [1.54, 1.807) is 0 Å². The van der Waals surface area contributed by atoms with Crippen LogP contribution in [0, 0.1) is 0 Å². The number of carbonyl (C=O) groups is 3. The molecule has 338 valence electrons. The SMILES string of the molecule is CC/C=C\C/C=C\C/C=C\C/C=C\C/C=C\CCCC(=O)OCC(COC(=O)CCCCCCCCCCC)OC(=O)CCCCC/C=C\C/C=C\C/C=C\C/C=C\CC. The van der Waals surface area contributed by atoms with Gasteiger partial charge in [-0.25, -0.2) is 0 Å². The number of ether oxygens (including phenoxy) is 3. The quantitative estimate of drug-likeness (QED) is 0.0264. The van der Waals surface area contributed by atoms with Crippen molar-refractivity contribution in [2.75, 3.05) is 13.2 Å². The zero-order valence-corrected chi connectivity index (χ0v) is 38.4. The third kappa shape index (κ3) is 45.2. The highest BCUT2D eigenvalue weighted by Gasteiger charge is 2.19. The van der Waals surface area contributed by atoms with Crippen LogP contribution in [0.5, 0.6) is 0 Å². The molecule has 1 unspecified atom stereocenters. The molecule has 0 saturated carbocycles. The summed E-state index contributed by atoms with van der Waals surface area (Å²) in [5, 5.41) is 0. The second-order valence-electron chi connectivity index (χ2n) is 15.3. The van der Waals surface area contributed by atoms with Crippen LogP contribution in [0.2, 0.25) is 0 Å². The van der Waals surface area contributed by atoms with Crippen LogP contribution in [-0.4, -0.2) is 37.2 Å². The number of carbonyl (C=O) groups excluding carboxylic acids is 3. The highest BCUT2D eigenvalue weighted by atomic mass is 16.6. The van der Waals surface area contributed by atoms with Gasteiger partial charge in [0.05, 0.1) is 0 Å². The minimum absolute atomic E-state index is 0.110. The Labute approximate surface area is 368 Å². The van der Waals surface area contributed by atoms with Crippen molar-refractivity contribution in [2.24, 2.45) is 0 Å². The first-order valence-corrected chi connectivity index (χ1v) is 23.9. The third-order valence-corrected chi connectivity index (χ3v) is 9.52. The van der Waals surface area contributed by atoms with Crippen LogP contribution in [0.3, 0.4) is 0 Å². The molecule has 0 fully saturated rings. The lowest BCUT2D eigenvalue weighted by atomic mass is 10.1. The summed E-state index contributed by atoms with van der Waals surface area (Å²) in [5.74, 6) is -1.01. The van der Waals surface area contributed by atoms with Crippen molar-refractivity contribution in [2.45, 2.75) is 200 Å². The standard InChI is InChI=1S/C54H86O6/c1-4-7-10-13-16-19-21-23-25-27-29-30-32-35-38-41-44-47-53(56)59-50-51(49-58-52(55)46-43-40-37-34-18-15-12-9-6-3)60-54(57)48-45-42-39-36-33-31-28-26-24-22-20-17-14-11-8-5-2/h7-8,10-11,16-17,19-20,23-26,29-31,33,35,38,51H,4-6,9,12-15,18,21-22,27-28,32,34,36-37,39-50H2,1-3H3/b10-7-,11-8-,19-16-,20-17-,25-23-,26-24-,30-29-,33-31-,38-35-. The van der Waals surface area contributed by atoms with Gasteiger partial charge in [-0.1, -0.05) is 188 Å². The molecule has 0 aliphatic heterocycles. The first-order chi connectivity index (χ1) is 29.5. The van der Waals surface area contributed by atoms with Gasteiger partial charge < -0.3 is 14.2 Å². The molecule has 1 atom stereocenters. The van der Waals surface area contributed by atoms with Crippen LogP contribution >= 0.6 is 0 Å². The van der Waals surface area contributed by atoms with E-state index in [-0.39, 0.29) is 44.0 Å². The number of hydrogen-bond donors (Lipinski definition) is 0. The van der Waals surface area contributed by atoms with Gasteiger partial charge >= 0.3 is 17.9 Å². The van der Waals surface area contributed by atoms with Gasteiger partial charge in [-0.15, -0.1) is 0 Å². The summed E-state index contributed by atoms with van der Waals surface area (Å²) in [6.07, 6.45) is 63.6. The molecule has 0 bridgehead atoms. The predicted molar refractivity (Wildman–Crippen MR) is 256 cm³/mol. The van der Waals surface area contributed by atoms with Gasteiger partial charge in [0.25, 0.3) is 0 Å². The minimum atomic E-state index is -0.816. The second kappa shape index (κ2) is 47.7. The van der Waals surface area contributed by atoms with Crippen LogP contribution < -0.4 is 0 Å². The lowest BCUT2D eigenvalue weighted by molar-refractivity contribution is -0.167. The van der Waals surface area contributed by atoms with E-state index in [1.807, 2.05) is 0 Å². The second-order valence-corrected chi connectivity index (χ2v) is 15.3. The summed E-state index contributed by atoms with van der Waals surface area (Å²) in [4.78, 5) is 37.8. The van der Waals surface area contributed by atoms with E-state index in [0.717, 1.165) is 103 Å². The molecular weight excluding hydrogens is 745 g/mol. The Morgan fingerprint density at radius 2 is 0.667 bits per heavy atom. The van der Waals surface area contributed by atoms with Crippen molar-refractivity contribution >= 4 is 17.9 Å². The Bertz CT molecular complexity index is 1280. The maximum absolute atomic E-state index is 12.7. The molecule has 0 aromatic carbocycles. The van der Waals surface area contributed by atoms with Crippen LogP contribution in [0.25, 0.3) is 0 Å². The van der Waals surface area contributed by atoms with E-state index in [0.29, 0.717) is 19.3 Å². The van der Waals surface area contributed by atoms with Gasteiger partial charge in [0, 0.05) is 19.3 Å². The van der Waals surface area contributed by atoms with E-state index >= 15 is 0 Å². The molecule has 0 aromatic rings. The first kappa shape index (κ1) is 56.1. The molecule has 0 aliphatic rings. The average Bonchev–Trinajstić information content (AvgIpc) is 3.24. The maximum atomic E-state index is 12.7. The molecule has 0 heterocycles. The van der Waals surface area contributed by atoms with Gasteiger partial charge in [0.1, 0.15) is 13.2 Å². The van der Waals surface area contributed by atoms with Crippen molar-refractivity contribution in [3.05, 3.63) is 109 Å². The number of esters is 3. The van der Waals surface area contributed by atoms with Crippen LogP contribution in [0.1, 0.15) is 194 Å². The maximum Gasteiger partial charge on any atom is 0.306 e. The van der Waals surface area contributed by atoms with Gasteiger partial charge in [-0.3, -0.25) is 14.4 Å². The van der Waals surface area contributed by atoms with E-state index in [9.17, 15) is 14.4 Å². The molecule has 0 amide bonds. The normalized spacial score (nSPS) is 13.1. The molecule has 6 nitrogen and oxygen atoms in total. The molecular formula is C54H86O6. The van der Waals surface area contributed by atoms with E-state index in [4.69, 9.17) is 14.2 Å². The van der Waals surface area contributed by atoms with Crippen molar-refractivity contribution in [3.8, 4) is 0 Å². The molecule has 0 rings (SSSR count). The van der Waals surface area contributed by atoms with E-state index in [1.165, 1.54) is 38.5 Å². The van der Waals surface area contributed by atoms with Gasteiger partial charge in [0.2, 0.25) is 0 Å². The summed E-state index contributed by atoms with van der Waals surface area (Å²) in [6, 6.07) is 0. The lowest BCUT2D eigenvalue weighted by Gasteiger charge is -2.18. The Morgan fingerprint density at radius 3 is 1.08 bits per heavy atom. The molecule has 60 heavy (non-hydrogen) atoms. The van der Waals surface area contributed by atoms with Crippen LogP contribution in [-0.2, 0) is 28.6 Å². The topological polar surface area (TPSA) is 78.9 Å². The molecule has 6 heteroatoms. The monoisotopic (exact) mass is 831 g/mol. The molecule has 0 saturated heterocycles. The molecule has 0 spiro atoms. The largest absolute Gasteiger partial charge is 0.462 e. The Kier molecular flexibility index (Phi) is 44.6. The fourth-order valence-corrected chi connectivity index (χ4v) is 6.00. The Morgan fingerprint density at radius 1 is 0.350 bits per heavy atom. The highest BCUT2D eigenvalue weighted by molar-refractivity contribution is 5.71. The fourth-order valence-electron chi connectivity index (χ4n) is 6.00. The van der Waals surface area contributed by atoms with Gasteiger partial charge in [-0.2, -0.15) is 0 Å². The summed E-state index contributed by atoms with van der Waals surface area (Å²) >= 11 is 0. The van der Waals surface area contributed by atoms with Crippen molar-refractivity contribution < 1.29 is 28.6 Å². The minimum Gasteiger partial charge on any atom is -0.462 e. The number of unbranched alkanes of at least 4 members (excludes halogenated alkanes) is 12. The van der Waals surface area contributed by atoms with Crippen molar-refractivity contribution in [1.29, 1.82) is 0 Å². The summed E-state index contributed by atoms with van der Waals surface area (Å²) in [6.45, 7) is 6.29. The summed E-state index contributed by atoms with van der Waals surface area (Å²) in [7, 11) is 0. The van der Waals surface area contributed by atoms with Crippen molar-refractivity contribution in [1.82, 2.24) is 0 Å². The average molecular weight is 831 g/mol. The first-order valence-electron chi connectivity index (χ1n) is 23.9. The molecule has 0 radical (unpaired) electrons.